The Morgan fingerprint density at radius 1 is 1.45 bits per heavy atom. The number of hydrogen-bond acceptors (Lipinski definition) is 1. The lowest BCUT2D eigenvalue weighted by atomic mass is 9.65. The van der Waals surface area contributed by atoms with Gasteiger partial charge >= 0.3 is 0 Å². The van der Waals surface area contributed by atoms with Crippen molar-refractivity contribution in [2.24, 2.45) is 17.3 Å². The fourth-order valence-electron chi connectivity index (χ4n) is 2.27. The van der Waals surface area contributed by atoms with Gasteiger partial charge in [-0.25, -0.2) is 0 Å². The number of rotatable bonds is 0. The number of nitriles is 1. The average molecular weight is 151 g/mol. The highest BCUT2D eigenvalue weighted by molar-refractivity contribution is 4.98. The smallest absolute Gasteiger partial charge is 0.0664 e. The van der Waals surface area contributed by atoms with Crippen molar-refractivity contribution in [3.63, 3.8) is 0 Å². The van der Waals surface area contributed by atoms with E-state index in [2.05, 4.69) is 26.8 Å². The highest BCUT2D eigenvalue weighted by Gasteiger charge is 2.36. The molecule has 0 spiro atoms. The molecule has 0 aromatic rings. The molecule has 2 atom stereocenters. The molecule has 0 heterocycles. The third kappa shape index (κ3) is 1.56. The summed E-state index contributed by atoms with van der Waals surface area (Å²) in [5.74, 6) is 0.875. The molecule has 1 fully saturated rings. The molecule has 0 bridgehead atoms. The van der Waals surface area contributed by atoms with E-state index in [9.17, 15) is 0 Å². The summed E-state index contributed by atoms with van der Waals surface area (Å²) in [7, 11) is 0. The molecule has 0 aromatic carbocycles. The predicted octanol–water partition coefficient (Wildman–Crippen LogP) is 2.97. The van der Waals surface area contributed by atoms with Crippen molar-refractivity contribution >= 4 is 0 Å². The van der Waals surface area contributed by atoms with Crippen LogP contribution in [0.2, 0.25) is 0 Å². The first-order valence-electron chi connectivity index (χ1n) is 4.47. The monoisotopic (exact) mass is 151 g/mol. The first-order valence-corrected chi connectivity index (χ1v) is 4.47. The first kappa shape index (κ1) is 8.59. The Bertz CT molecular complexity index is 176. The first-order chi connectivity index (χ1) is 5.08. The van der Waals surface area contributed by atoms with E-state index in [-0.39, 0.29) is 11.3 Å². The second-order valence-corrected chi connectivity index (χ2v) is 4.46. The van der Waals surface area contributed by atoms with Crippen LogP contribution in [-0.2, 0) is 0 Å². The van der Waals surface area contributed by atoms with E-state index in [0.29, 0.717) is 5.92 Å². The van der Waals surface area contributed by atoms with Gasteiger partial charge in [-0.15, -0.1) is 0 Å². The molecule has 11 heavy (non-hydrogen) atoms. The predicted molar refractivity (Wildman–Crippen MR) is 45.9 cm³/mol. The molecule has 0 radical (unpaired) electrons. The molecule has 1 aliphatic rings. The van der Waals surface area contributed by atoms with E-state index in [1.807, 2.05) is 0 Å². The van der Waals surface area contributed by atoms with Crippen LogP contribution in [0.25, 0.3) is 0 Å². The Balaban J connectivity index is 2.74. The third-order valence-corrected chi connectivity index (χ3v) is 3.03. The van der Waals surface area contributed by atoms with E-state index in [4.69, 9.17) is 5.26 Å². The Labute approximate surface area is 69.4 Å². The Kier molecular flexibility index (Phi) is 2.23. The molecule has 0 aliphatic heterocycles. The zero-order valence-corrected chi connectivity index (χ0v) is 7.72. The second kappa shape index (κ2) is 2.85. The van der Waals surface area contributed by atoms with Gasteiger partial charge in [0.25, 0.3) is 0 Å². The third-order valence-electron chi connectivity index (χ3n) is 3.03. The van der Waals surface area contributed by atoms with Gasteiger partial charge in [-0.3, -0.25) is 0 Å². The number of hydrogen-bond donors (Lipinski definition) is 0. The maximum Gasteiger partial charge on any atom is 0.0664 e. The molecule has 62 valence electrons. The summed E-state index contributed by atoms with van der Waals surface area (Å²) >= 11 is 0. The molecule has 0 saturated heterocycles. The van der Waals surface area contributed by atoms with Crippen LogP contribution in [0.4, 0.5) is 0 Å². The standard InChI is InChI=1S/C10H17N/c1-8-5-4-6-10(2,3)9(8)7-11/h8-9H,4-6H2,1-3H3. The molecule has 1 aliphatic carbocycles. The van der Waals surface area contributed by atoms with Gasteiger partial charge in [-0.05, 0) is 24.2 Å². The fraction of sp³-hybridized carbons (Fsp3) is 0.900. The molecular weight excluding hydrogens is 134 g/mol. The molecule has 1 nitrogen and oxygen atoms in total. The van der Waals surface area contributed by atoms with Gasteiger partial charge in [0.15, 0.2) is 0 Å². The largest absolute Gasteiger partial charge is 0.198 e. The number of nitrogens with zero attached hydrogens (tertiary/aromatic N) is 1. The van der Waals surface area contributed by atoms with Crippen LogP contribution in [-0.4, -0.2) is 0 Å². The normalized spacial score (nSPS) is 36.2. The van der Waals surface area contributed by atoms with Crippen LogP contribution in [0, 0.1) is 28.6 Å². The lowest BCUT2D eigenvalue weighted by Crippen LogP contribution is -2.32. The average Bonchev–Trinajstić information content (AvgIpc) is 1.86. The van der Waals surface area contributed by atoms with Gasteiger partial charge in [-0.1, -0.05) is 27.2 Å². The van der Waals surface area contributed by atoms with E-state index < -0.39 is 0 Å². The van der Waals surface area contributed by atoms with Crippen LogP contribution in [0.3, 0.4) is 0 Å². The molecule has 1 saturated carbocycles. The van der Waals surface area contributed by atoms with Crippen LogP contribution in [0.1, 0.15) is 40.0 Å². The van der Waals surface area contributed by atoms with Crippen molar-refractivity contribution in [3.05, 3.63) is 0 Å². The van der Waals surface area contributed by atoms with Crippen LogP contribution in [0.15, 0.2) is 0 Å². The minimum atomic E-state index is 0.256. The summed E-state index contributed by atoms with van der Waals surface area (Å²) in [5.41, 5.74) is 0.256. The van der Waals surface area contributed by atoms with Gasteiger partial charge in [0.05, 0.1) is 12.0 Å². The van der Waals surface area contributed by atoms with Crippen molar-refractivity contribution in [2.45, 2.75) is 40.0 Å². The van der Waals surface area contributed by atoms with Crippen molar-refractivity contribution in [1.82, 2.24) is 0 Å². The van der Waals surface area contributed by atoms with Crippen molar-refractivity contribution < 1.29 is 0 Å². The molecule has 2 unspecified atom stereocenters. The van der Waals surface area contributed by atoms with Crippen molar-refractivity contribution in [2.75, 3.05) is 0 Å². The summed E-state index contributed by atoms with van der Waals surface area (Å²) in [6.07, 6.45) is 3.75. The zero-order valence-electron chi connectivity index (χ0n) is 7.72. The van der Waals surface area contributed by atoms with Gasteiger partial charge < -0.3 is 0 Å². The molecule has 0 N–H and O–H groups in total. The minimum absolute atomic E-state index is 0.256. The van der Waals surface area contributed by atoms with Crippen molar-refractivity contribution in [3.8, 4) is 6.07 Å². The Hall–Kier alpha value is -0.510. The summed E-state index contributed by atoms with van der Waals surface area (Å²) in [6.45, 7) is 6.64. The highest BCUT2D eigenvalue weighted by Crippen LogP contribution is 2.43. The van der Waals surface area contributed by atoms with Gasteiger partial charge in [0.2, 0.25) is 0 Å². The van der Waals surface area contributed by atoms with Crippen LogP contribution < -0.4 is 0 Å². The Morgan fingerprint density at radius 3 is 2.45 bits per heavy atom. The van der Waals surface area contributed by atoms with E-state index in [1.165, 1.54) is 19.3 Å². The van der Waals surface area contributed by atoms with Crippen molar-refractivity contribution in [1.29, 1.82) is 5.26 Å². The second-order valence-electron chi connectivity index (χ2n) is 4.46. The molecular formula is C10H17N. The summed E-state index contributed by atoms with van der Waals surface area (Å²) in [6, 6.07) is 2.44. The quantitative estimate of drug-likeness (QED) is 0.522. The fourth-order valence-corrected chi connectivity index (χ4v) is 2.27. The van der Waals surface area contributed by atoms with Gasteiger partial charge in [0.1, 0.15) is 0 Å². The minimum Gasteiger partial charge on any atom is -0.198 e. The summed E-state index contributed by atoms with van der Waals surface area (Å²) in [4.78, 5) is 0. The zero-order chi connectivity index (χ0) is 8.48. The lowest BCUT2D eigenvalue weighted by Gasteiger charge is -2.38. The topological polar surface area (TPSA) is 23.8 Å². The maximum atomic E-state index is 8.95. The molecule has 0 aromatic heterocycles. The van der Waals surface area contributed by atoms with Crippen LogP contribution in [0.5, 0.6) is 0 Å². The van der Waals surface area contributed by atoms with E-state index in [0.717, 1.165) is 0 Å². The molecule has 1 rings (SSSR count). The van der Waals surface area contributed by atoms with E-state index >= 15 is 0 Å². The van der Waals surface area contributed by atoms with E-state index in [1.54, 1.807) is 0 Å². The maximum absolute atomic E-state index is 8.95. The summed E-state index contributed by atoms with van der Waals surface area (Å²) < 4.78 is 0. The SMILES string of the molecule is CC1CCCC(C)(C)C1C#N. The Morgan fingerprint density at radius 2 is 2.09 bits per heavy atom. The van der Waals surface area contributed by atoms with Gasteiger partial charge in [-0.2, -0.15) is 5.26 Å². The van der Waals surface area contributed by atoms with Gasteiger partial charge in [0, 0.05) is 0 Å². The van der Waals surface area contributed by atoms with Crippen LogP contribution >= 0.6 is 0 Å². The summed E-state index contributed by atoms with van der Waals surface area (Å²) in [5, 5.41) is 8.95. The molecule has 0 amide bonds. The molecule has 1 heteroatoms. The lowest BCUT2D eigenvalue weighted by molar-refractivity contribution is 0.128. The highest BCUT2D eigenvalue weighted by atomic mass is 14.4.